The zero-order chi connectivity index (χ0) is 14.1. The predicted octanol–water partition coefficient (Wildman–Crippen LogP) is 3.32. The van der Waals surface area contributed by atoms with Crippen LogP contribution < -0.4 is 0 Å². The Labute approximate surface area is 117 Å². The van der Waals surface area contributed by atoms with Crippen LogP contribution in [0.1, 0.15) is 58.6 Å². The van der Waals surface area contributed by atoms with Gasteiger partial charge in [0.2, 0.25) is 0 Å². The van der Waals surface area contributed by atoms with E-state index in [4.69, 9.17) is 0 Å². The van der Waals surface area contributed by atoms with Crippen LogP contribution in [0.4, 0.5) is 0 Å². The van der Waals surface area contributed by atoms with Crippen LogP contribution >= 0.6 is 0 Å². The molecule has 1 heterocycles. The third kappa shape index (κ3) is 3.19. The van der Waals surface area contributed by atoms with Crippen LogP contribution in [0.2, 0.25) is 0 Å². The van der Waals surface area contributed by atoms with Crippen molar-refractivity contribution in [2.75, 3.05) is 0 Å². The number of aryl methyl sites for hydroxylation is 2. The fourth-order valence-corrected chi connectivity index (χ4v) is 3.75. The minimum atomic E-state index is -0.499. The minimum Gasteiger partial charge on any atom is -0.390 e. The van der Waals surface area contributed by atoms with Crippen LogP contribution in [0.3, 0.4) is 0 Å². The van der Waals surface area contributed by atoms with Crippen molar-refractivity contribution in [2.24, 2.45) is 18.4 Å². The van der Waals surface area contributed by atoms with Crippen LogP contribution in [-0.2, 0) is 13.5 Å². The van der Waals surface area contributed by atoms with Gasteiger partial charge in [-0.15, -0.1) is 0 Å². The van der Waals surface area contributed by atoms with E-state index in [1.165, 1.54) is 12.1 Å². The summed E-state index contributed by atoms with van der Waals surface area (Å²) in [4.78, 5) is 0. The Kier molecular flexibility index (Phi) is 4.05. The van der Waals surface area contributed by atoms with E-state index < -0.39 is 5.60 Å². The number of hydrogen-bond acceptors (Lipinski definition) is 2. The molecule has 1 aromatic heterocycles. The average Bonchev–Trinajstić information content (AvgIpc) is 2.71. The molecular weight excluding hydrogens is 236 g/mol. The fourth-order valence-electron chi connectivity index (χ4n) is 3.75. The van der Waals surface area contributed by atoms with Crippen LogP contribution in [0, 0.1) is 11.3 Å². The normalized spacial score (nSPS) is 28.6. The average molecular weight is 264 g/mol. The van der Waals surface area contributed by atoms with E-state index >= 15 is 0 Å². The molecule has 1 aromatic rings. The summed E-state index contributed by atoms with van der Waals surface area (Å²) in [5.41, 5.74) is 0.897. The molecular formula is C16H28N2O. The first-order valence-corrected chi connectivity index (χ1v) is 7.52. The highest BCUT2D eigenvalue weighted by atomic mass is 16.3. The van der Waals surface area contributed by atoms with Crippen molar-refractivity contribution >= 4 is 0 Å². The van der Waals surface area contributed by atoms with Gasteiger partial charge in [0.05, 0.1) is 5.60 Å². The van der Waals surface area contributed by atoms with Crippen molar-refractivity contribution < 1.29 is 5.11 Å². The monoisotopic (exact) mass is 264 g/mol. The van der Waals surface area contributed by atoms with Crippen molar-refractivity contribution in [3.8, 4) is 0 Å². The van der Waals surface area contributed by atoms with Gasteiger partial charge < -0.3 is 5.11 Å². The van der Waals surface area contributed by atoms with Gasteiger partial charge in [0, 0.05) is 18.9 Å². The van der Waals surface area contributed by atoms with E-state index in [1.807, 2.05) is 17.9 Å². The van der Waals surface area contributed by atoms with E-state index in [0.29, 0.717) is 5.92 Å². The van der Waals surface area contributed by atoms with Crippen LogP contribution in [0.5, 0.6) is 0 Å². The Balaban J connectivity index is 2.08. The first-order chi connectivity index (χ1) is 8.83. The quantitative estimate of drug-likeness (QED) is 0.909. The Morgan fingerprint density at radius 1 is 1.42 bits per heavy atom. The number of nitrogens with zero attached hydrogens (tertiary/aromatic N) is 2. The molecule has 0 radical (unpaired) electrons. The molecule has 1 N–H and O–H groups in total. The number of rotatable bonds is 3. The molecule has 0 aromatic carbocycles. The maximum atomic E-state index is 11.1. The standard InChI is InChI=1S/C16H28N2O/c1-15(2,3)14-7-5-6-10-16(14,19)11-8-13-9-12-17-18(13)4/h9,12,14,19H,5-8,10-11H2,1-4H3. The molecule has 0 amide bonds. The summed E-state index contributed by atoms with van der Waals surface area (Å²) in [5, 5.41) is 15.3. The number of aliphatic hydroxyl groups is 1. The van der Waals surface area contributed by atoms with Gasteiger partial charge in [0.25, 0.3) is 0 Å². The molecule has 0 bridgehead atoms. The fraction of sp³-hybridized carbons (Fsp3) is 0.812. The largest absolute Gasteiger partial charge is 0.390 e. The highest BCUT2D eigenvalue weighted by Gasteiger charge is 2.44. The molecule has 3 nitrogen and oxygen atoms in total. The first-order valence-electron chi connectivity index (χ1n) is 7.52. The van der Waals surface area contributed by atoms with Gasteiger partial charge in [0.15, 0.2) is 0 Å². The van der Waals surface area contributed by atoms with Gasteiger partial charge in [-0.2, -0.15) is 5.10 Å². The summed E-state index contributed by atoms with van der Waals surface area (Å²) < 4.78 is 1.91. The van der Waals surface area contributed by atoms with Gasteiger partial charge in [-0.3, -0.25) is 4.68 Å². The maximum absolute atomic E-state index is 11.1. The van der Waals surface area contributed by atoms with Crippen molar-refractivity contribution in [2.45, 2.75) is 64.9 Å². The van der Waals surface area contributed by atoms with E-state index in [2.05, 4.69) is 31.9 Å². The molecule has 19 heavy (non-hydrogen) atoms. The minimum absolute atomic E-state index is 0.182. The van der Waals surface area contributed by atoms with Crippen molar-refractivity contribution in [1.29, 1.82) is 0 Å². The highest BCUT2D eigenvalue weighted by molar-refractivity contribution is 5.03. The summed E-state index contributed by atoms with van der Waals surface area (Å²) in [5.74, 6) is 0.405. The molecule has 1 aliphatic carbocycles. The lowest BCUT2D eigenvalue weighted by Crippen LogP contribution is -2.47. The summed E-state index contributed by atoms with van der Waals surface area (Å²) in [6.45, 7) is 6.79. The van der Waals surface area contributed by atoms with Gasteiger partial charge in [-0.1, -0.05) is 33.6 Å². The second-order valence-electron chi connectivity index (χ2n) is 7.21. The zero-order valence-corrected chi connectivity index (χ0v) is 12.8. The highest BCUT2D eigenvalue weighted by Crippen LogP contribution is 2.46. The molecule has 0 spiro atoms. The summed E-state index contributed by atoms with van der Waals surface area (Å²) in [6, 6.07) is 2.05. The summed E-state index contributed by atoms with van der Waals surface area (Å²) in [7, 11) is 1.97. The molecule has 1 fully saturated rings. The molecule has 108 valence electrons. The zero-order valence-electron chi connectivity index (χ0n) is 12.8. The Morgan fingerprint density at radius 2 is 2.16 bits per heavy atom. The van der Waals surface area contributed by atoms with E-state index in [9.17, 15) is 5.11 Å². The van der Waals surface area contributed by atoms with E-state index in [0.717, 1.165) is 32.1 Å². The molecule has 1 aliphatic rings. The lowest BCUT2D eigenvalue weighted by atomic mass is 9.62. The summed E-state index contributed by atoms with van der Waals surface area (Å²) in [6.07, 6.45) is 8.14. The molecule has 0 saturated heterocycles. The number of hydrogen-bond donors (Lipinski definition) is 1. The summed E-state index contributed by atoms with van der Waals surface area (Å²) >= 11 is 0. The molecule has 2 atom stereocenters. The first kappa shape index (κ1) is 14.6. The van der Waals surface area contributed by atoms with Crippen LogP contribution in [-0.4, -0.2) is 20.5 Å². The smallest absolute Gasteiger partial charge is 0.0684 e. The lowest BCUT2D eigenvalue weighted by Gasteiger charge is -2.47. The van der Waals surface area contributed by atoms with Crippen molar-refractivity contribution in [3.05, 3.63) is 18.0 Å². The third-order valence-corrected chi connectivity index (χ3v) is 4.78. The maximum Gasteiger partial charge on any atom is 0.0684 e. The molecule has 2 rings (SSSR count). The van der Waals surface area contributed by atoms with Gasteiger partial charge in [0.1, 0.15) is 0 Å². The second-order valence-corrected chi connectivity index (χ2v) is 7.21. The van der Waals surface area contributed by atoms with Crippen LogP contribution in [0.15, 0.2) is 12.3 Å². The van der Waals surface area contributed by atoms with Crippen molar-refractivity contribution in [3.63, 3.8) is 0 Å². The Morgan fingerprint density at radius 3 is 2.74 bits per heavy atom. The van der Waals surface area contributed by atoms with E-state index in [1.54, 1.807) is 0 Å². The Hall–Kier alpha value is -0.830. The molecule has 3 heteroatoms. The second kappa shape index (κ2) is 5.28. The van der Waals surface area contributed by atoms with Crippen molar-refractivity contribution in [1.82, 2.24) is 9.78 Å². The van der Waals surface area contributed by atoms with Gasteiger partial charge in [-0.25, -0.2) is 0 Å². The van der Waals surface area contributed by atoms with Gasteiger partial charge in [-0.05, 0) is 43.1 Å². The Bertz CT molecular complexity index is 419. The van der Waals surface area contributed by atoms with E-state index in [-0.39, 0.29) is 5.41 Å². The molecule has 1 saturated carbocycles. The topological polar surface area (TPSA) is 38.0 Å². The molecule has 2 unspecified atom stereocenters. The lowest BCUT2D eigenvalue weighted by molar-refractivity contribution is -0.0948. The molecule has 0 aliphatic heterocycles. The third-order valence-electron chi connectivity index (χ3n) is 4.78. The number of aromatic nitrogens is 2. The van der Waals surface area contributed by atoms with Gasteiger partial charge >= 0.3 is 0 Å². The van der Waals surface area contributed by atoms with Crippen LogP contribution in [0.25, 0.3) is 0 Å². The SMILES string of the molecule is Cn1nccc1CCC1(O)CCCCC1C(C)(C)C. The predicted molar refractivity (Wildman–Crippen MR) is 77.9 cm³/mol.